The van der Waals surface area contributed by atoms with E-state index in [-0.39, 0.29) is 6.10 Å². The third kappa shape index (κ3) is 6.29. The largest absolute Gasteiger partial charge is 0.491 e. The van der Waals surface area contributed by atoms with Crippen molar-refractivity contribution in [2.24, 2.45) is 0 Å². The third-order valence-electron chi connectivity index (χ3n) is 3.96. The first-order chi connectivity index (χ1) is 13.2. The smallest absolute Gasteiger partial charge is 0.135 e. The van der Waals surface area contributed by atoms with Crippen molar-refractivity contribution in [1.29, 1.82) is 0 Å². The van der Waals surface area contributed by atoms with Crippen molar-refractivity contribution in [2.45, 2.75) is 32.8 Å². The zero-order valence-electron chi connectivity index (χ0n) is 15.9. The fourth-order valence-electron chi connectivity index (χ4n) is 2.71. The Morgan fingerprint density at radius 2 is 1.67 bits per heavy atom. The number of aromatic nitrogens is 2. The first-order valence-corrected chi connectivity index (χ1v) is 9.32. The Morgan fingerprint density at radius 1 is 0.926 bits per heavy atom. The summed E-state index contributed by atoms with van der Waals surface area (Å²) in [5.74, 6) is 2.44. The minimum absolute atomic E-state index is 0.168. The zero-order chi connectivity index (χ0) is 18.9. The van der Waals surface area contributed by atoms with Crippen LogP contribution in [0.2, 0.25) is 0 Å². The van der Waals surface area contributed by atoms with Gasteiger partial charge in [0.05, 0.1) is 6.10 Å². The number of hydrogen-bond acceptors (Lipinski definition) is 5. The van der Waals surface area contributed by atoms with E-state index in [0.717, 1.165) is 42.5 Å². The van der Waals surface area contributed by atoms with Crippen molar-refractivity contribution in [3.63, 3.8) is 0 Å². The van der Waals surface area contributed by atoms with Gasteiger partial charge in [0.1, 0.15) is 23.7 Å². The second-order valence-electron chi connectivity index (χ2n) is 6.62. The van der Waals surface area contributed by atoms with Crippen molar-refractivity contribution < 1.29 is 4.74 Å². The second kappa shape index (κ2) is 9.57. The Kier molecular flexibility index (Phi) is 6.63. The van der Waals surface area contributed by atoms with E-state index in [4.69, 9.17) is 4.74 Å². The number of hydrogen-bond donors (Lipinski definition) is 2. The molecule has 3 rings (SSSR count). The fraction of sp³-hybridized carbons (Fsp3) is 0.273. The molecule has 1 aromatic heterocycles. The molecule has 2 N–H and O–H groups in total. The molecule has 2 aromatic carbocycles. The lowest BCUT2D eigenvalue weighted by Gasteiger charge is -2.11. The lowest BCUT2D eigenvalue weighted by molar-refractivity contribution is 0.242. The standard InChI is InChI=1S/C22H26N4O/c1-17(2)27-20-12-10-19(11-13-20)26-22-15-21(24-16-25-22)23-14-6-9-18-7-4-3-5-8-18/h3-5,7-8,10-13,15-17H,6,9,14H2,1-2H3,(H2,23,24,25,26). The van der Waals surface area contributed by atoms with E-state index in [9.17, 15) is 0 Å². The summed E-state index contributed by atoms with van der Waals surface area (Å²) in [6, 6.07) is 20.3. The normalized spacial score (nSPS) is 10.6. The number of anilines is 3. The monoisotopic (exact) mass is 362 g/mol. The molecule has 0 atom stereocenters. The van der Waals surface area contributed by atoms with Crippen LogP contribution in [-0.2, 0) is 6.42 Å². The molecular formula is C22H26N4O. The number of nitrogens with zero attached hydrogens (tertiary/aromatic N) is 2. The zero-order valence-corrected chi connectivity index (χ0v) is 15.9. The second-order valence-corrected chi connectivity index (χ2v) is 6.62. The van der Waals surface area contributed by atoms with Crippen LogP contribution >= 0.6 is 0 Å². The molecule has 0 aliphatic carbocycles. The van der Waals surface area contributed by atoms with E-state index in [1.807, 2.05) is 50.2 Å². The summed E-state index contributed by atoms with van der Waals surface area (Å²) in [5, 5.41) is 6.66. The van der Waals surface area contributed by atoms with Gasteiger partial charge >= 0.3 is 0 Å². The molecule has 0 bridgehead atoms. The highest BCUT2D eigenvalue weighted by atomic mass is 16.5. The topological polar surface area (TPSA) is 59.1 Å². The predicted molar refractivity (Wildman–Crippen MR) is 111 cm³/mol. The molecule has 0 aliphatic heterocycles. The highest BCUT2D eigenvalue weighted by Gasteiger charge is 2.02. The molecule has 0 saturated heterocycles. The molecule has 1 heterocycles. The first-order valence-electron chi connectivity index (χ1n) is 9.32. The van der Waals surface area contributed by atoms with Crippen molar-refractivity contribution in [3.8, 4) is 5.75 Å². The van der Waals surface area contributed by atoms with Gasteiger partial charge in [-0.25, -0.2) is 9.97 Å². The van der Waals surface area contributed by atoms with E-state index in [0.29, 0.717) is 0 Å². The minimum Gasteiger partial charge on any atom is -0.491 e. The van der Waals surface area contributed by atoms with Gasteiger partial charge in [0.2, 0.25) is 0 Å². The highest BCUT2D eigenvalue weighted by molar-refractivity contribution is 5.59. The molecule has 0 aliphatic rings. The van der Waals surface area contributed by atoms with Gasteiger partial charge in [-0.3, -0.25) is 0 Å². The Bertz CT molecular complexity index is 819. The number of ether oxygens (including phenoxy) is 1. The molecule has 0 unspecified atom stereocenters. The third-order valence-corrected chi connectivity index (χ3v) is 3.96. The first kappa shape index (κ1) is 18.7. The van der Waals surface area contributed by atoms with E-state index in [1.165, 1.54) is 5.56 Å². The molecule has 0 fully saturated rings. The summed E-state index contributed by atoms with van der Waals surface area (Å²) >= 11 is 0. The van der Waals surface area contributed by atoms with Crippen LogP contribution in [0.1, 0.15) is 25.8 Å². The van der Waals surface area contributed by atoms with Crippen LogP contribution in [0.15, 0.2) is 67.0 Å². The molecule has 0 amide bonds. The van der Waals surface area contributed by atoms with Crippen molar-refractivity contribution >= 4 is 17.3 Å². The summed E-state index contributed by atoms with van der Waals surface area (Å²) in [7, 11) is 0. The van der Waals surface area contributed by atoms with Crippen LogP contribution < -0.4 is 15.4 Å². The van der Waals surface area contributed by atoms with Crippen LogP contribution in [0.5, 0.6) is 5.75 Å². The number of nitrogens with one attached hydrogen (secondary N) is 2. The summed E-state index contributed by atoms with van der Waals surface area (Å²) in [5.41, 5.74) is 2.31. The van der Waals surface area contributed by atoms with E-state index in [2.05, 4.69) is 44.9 Å². The van der Waals surface area contributed by atoms with Gasteiger partial charge in [0.15, 0.2) is 0 Å². The van der Waals surface area contributed by atoms with Crippen molar-refractivity contribution in [2.75, 3.05) is 17.2 Å². The summed E-state index contributed by atoms with van der Waals surface area (Å²) in [6.45, 7) is 4.90. The van der Waals surface area contributed by atoms with Crippen molar-refractivity contribution in [1.82, 2.24) is 9.97 Å². The molecule has 0 saturated carbocycles. The Morgan fingerprint density at radius 3 is 2.41 bits per heavy atom. The van der Waals surface area contributed by atoms with Gasteiger partial charge in [-0.05, 0) is 56.5 Å². The summed E-state index contributed by atoms with van der Waals surface area (Å²) < 4.78 is 5.66. The molecule has 140 valence electrons. The molecular weight excluding hydrogens is 336 g/mol. The van der Waals surface area contributed by atoms with Crippen LogP contribution in [0.3, 0.4) is 0 Å². The number of aryl methyl sites for hydroxylation is 1. The lowest BCUT2D eigenvalue weighted by atomic mass is 10.1. The van der Waals surface area contributed by atoms with Crippen LogP contribution in [-0.4, -0.2) is 22.6 Å². The van der Waals surface area contributed by atoms with E-state index < -0.39 is 0 Å². The van der Waals surface area contributed by atoms with Gasteiger partial charge in [-0.15, -0.1) is 0 Å². The highest BCUT2D eigenvalue weighted by Crippen LogP contribution is 2.20. The Hall–Kier alpha value is -3.08. The number of benzene rings is 2. The van der Waals surface area contributed by atoms with Crippen LogP contribution in [0.4, 0.5) is 17.3 Å². The molecule has 0 radical (unpaired) electrons. The average molecular weight is 362 g/mol. The van der Waals surface area contributed by atoms with E-state index in [1.54, 1.807) is 6.33 Å². The van der Waals surface area contributed by atoms with Gasteiger partial charge in [-0.1, -0.05) is 30.3 Å². The lowest BCUT2D eigenvalue weighted by Crippen LogP contribution is -2.06. The number of rotatable bonds is 9. The predicted octanol–water partition coefficient (Wildman–Crippen LogP) is 5.05. The summed E-state index contributed by atoms with van der Waals surface area (Å²) in [4.78, 5) is 8.58. The Labute approximate surface area is 160 Å². The van der Waals surface area contributed by atoms with E-state index >= 15 is 0 Å². The molecule has 27 heavy (non-hydrogen) atoms. The van der Waals surface area contributed by atoms with Crippen molar-refractivity contribution in [3.05, 3.63) is 72.6 Å². The van der Waals surface area contributed by atoms with Gasteiger partial charge in [-0.2, -0.15) is 0 Å². The van der Waals surface area contributed by atoms with Gasteiger partial charge in [0, 0.05) is 18.3 Å². The molecule has 5 nitrogen and oxygen atoms in total. The van der Waals surface area contributed by atoms with Crippen LogP contribution in [0, 0.1) is 0 Å². The SMILES string of the molecule is CC(C)Oc1ccc(Nc2cc(NCCCc3ccccc3)ncn2)cc1. The summed E-state index contributed by atoms with van der Waals surface area (Å²) in [6.07, 6.45) is 3.84. The molecule has 3 aromatic rings. The molecule has 0 spiro atoms. The fourth-order valence-corrected chi connectivity index (χ4v) is 2.71. The van der Waals surface area contributed by atoms with Gasteiger partial charge < -0.3 is 15.4 Å². The quantitative estimate of drug-likeness (QED) is 0.522. The van der Waals surface area contributed by atoms with Gasteiger partial charge in [0.25, 0.3) is 0 Å². The minimum atomic E-state index is 0.168. The Balaban J connectivity index is 1.49. The van der Waals surface area contributed by atoms with Crippen LogP contribution in [0.25, 0.3) is 0 Å². The maximum absolute atomic E-state index is 5.66. The molecule has 5 heteroatoms. The maximum Gasteiger partial charge on any atom is 0.135 e. The maximum atomic E-state index is 5.66. The average Bonchev–Trinajstić information content (AvgIpc) is 2.68.